The Morgan fingerprint density at radius 1 is 0.789 bits per heavy atom. The Bertz CT molecular complexity index is 1330. The third-order valence-corrected chi connectivity index (χ3v) is 7.26. The summed E-state index contributed by atoms with van der Waals surface area (Å²) in [5, 5.41) is 4.95. The first-order valence-corrected chi connectivity index (χ1v) is 13.7. The number of nitrogens with zero attached hydrogens (tertiary/aromatic N) is 1. The van der Waals surface area contributed by atoms with Crippen molar-refractivity contribution in [3.05, 3.63) is 90.5 Å². The fourth-order valence-electron chi connectivity index (χ4n) is 5.40. The molecule has 1 aliphatic heterocycles. The summed E-state index contributed by atoms with van der Waals surface area (Å²) >= 11 is 0. The Hall–Kier alpha value is -3.50. The van der Waals surface area contributed by atoms with Crippen molar-refractivity contribution >= 4 is 21.5 Å². The molecule has 1 heterocycles. The highest BCUT2D eigenvalue weighted by Crippen LogP contribution is 2.43. The summed E-state index contributed by atoms with van der Waals surface area (Å²) in [6.07, 6.45) is 2.19. The lowest BCUT2D eigenvalue weighted by Gasteiger charge is -2.37. The number of hydrogen-bond donors (Lipinski definition) is 0. The van der Waals surface area contributed by atoms with Gasteiger partial charge in [0.1, 0.15) is 12.4 Å². The molecule has 4 aromatic rings. The largest absolute Gasteiger partial charge is 0.493 e. The molecule has 1 unspecified atom stereocenters. The van der Waals surface area contributed by atoms with E-state index in [9.17, 15) is 0 Å². The first kappa shape index (κ1) is 29.1. The number of likely N-dealkylation sites (N-methyl/N-ethyl adjacent to an activating group) is 1. The van der Waals surface area contributed by atoms with Crippen LogP contribution in [-0.4, -0.2) is 31.7 Å². The Morgan fingerprint density at radius 2 is 1.42 bits per heavy atom. The minimum Gasteiger partial charge on any atom is -0.493 e. The van der Waals surface area contributed by atoms with E-state index in [1.165, 1.54) is 32.7 Å². The van der Waals surface area contributed by atoms with Gasteiger partial charge in [0.15, 0.2) is 11.5 Å². The molecule has 0 saturated heterocycles. The van der Waals surface area contributed by atoms with Gasteiger partial charge in [-0.15, -0.1) is 13.2 Å². The predicted octanol–water partition coefficient (Wildman–Crippen LogP) is 8.57. The molecule has 1 aliphatic rings. The van der Waals surface area contributed by atoms with Crippen LogP contribution in [0, 0.1) is 0 Å². The maximum atomic E-state index is 6.21. The van der Waals surface area contributed by atoms with Crippen LogP contribution in [0.5, 0.6) is 17.2 Å². The highest BCUT2D eigenvalue weighted by Gasteiger charge is 2.28. The zero-order chi connectivity index (χ0) is 27.7. The lowest BCUT2D eigenvalue weighted by molar-refractivity contribution is 0.178. The van der Waals surface area contributed by atoms with Crippen molar-refractivity contribution in [2.45, 2.75) is 59.7 Å². The van der Waals surface area contributed by atoms with Crippen molar-refractivity contribution in [2.24, 2.45) is 0 Å². The van der Waals surface area contributed by atoms with E-state index in [0.717, 1.165) is 48.7 Å². The van der Waals surface area contributed by atoms with Crippen molar-refractivity contribution in [3.63, 3.8) is 0 Å². The Kier molecular flexibility index (Phi) is 10.6. The van der Waals surface area contributed by atoms with Crippen molar-refractivity contribution in [1.82, 2.24) is 4.90 Å². The highest BCUT2D eigenvalue weighted by atomic mass is 16.5. The zero-order valence-corrected chi connectivity index (χ0v) is 24.0. The smallest absolute Gasteiger partial charge is 0.161 e. The molecule has 0 radical (unpaired) electrons. The van der Waals surface area contributed by atoms with Crippen LogP contribution >= 0.6 is 0 Å². The maximum Gasteiger partial charge on any atom is 0.161 e. The van der Waals surface area contributed by atoms with Crippen molar-refractivity contribution in [3.8, 4) is 17.2 Å². The summed E-state index contributed by atoms with van der Waals surface area (Å²) in [6.45, 7) is 17.1. The second-order valence-electron chi connectivity index (χ2n) is 9.02. The van der Waals surface area contributed by atoms with Crippen molar-refractivity contribution < 1.29 is 14.2 Å². The fraction of sp³-hybridized carbons (Fsp3) is 0.353. The number of benzene rings is 4. The minimum absolute atomic E-state index is 0.550. The van der Waals surface area contributed by atoms with Gasteiger partial charge in [0, 0.05) is 12.6 Å². The lowest BCUT2D eigenvalue weighted by Crippen LogP contribution is -2.39. The van der Waals surface area contributed by atoms with Gasteiger partial charge in [-0.1, -0.05) is 64.1 Å². The van der Waals surface area contributed by atoms with Gasteiger partial charge in [0.05, 0.1) is 14.2 Å². The molecule has 1 atom stereocenters. The first-order valence-electron chi connectivity index (χ1n) is 13.7. The summed E-state index contributed by atoms with van der Waals surface area (Å²) in [7, 11) is 3.41. The second kappa shape index (κ2) is 13.9. The molecule has 0 N–H and O–H groups in total. The lowest BCUT2D eigenvalue weighted by atomic mass is 9.84. The summed E-state index contributed by atoms with van der Waals surface area (Å²) in [5.74, 6) is 2.41. The molecule has 0 amide bonds. The van der Waals surface area contributed by atoms with E-state index < -0.39 is 0 Å². The minimum atomic E-state index is 0.550. The second-order valence-corrected chi connectivity index (χ2v) is 9.02. The van der Waals surface area contributed by atoms with E-state index >= 15 is 0 Å². The van der Waals surface area contributed by atoms with Crippen LogP contribution in [0.1, 0.15) is 50.8 Å². The van der Waals surface area contributed by atoms with E-state index in [1.807, 2.05) is 32.0 Å². The summed E-state index contributed by atoms with van der Waals surface area (Å²) in [4.78, 5) is 2.61. The third kappa shape index (κ3) is 5.81. The summed E-state index contributed by atoms with van der Waals surface area (Å²) < 4.78 is 17.6. The molecule has 5 rings (SSSR count). The molecule has 0 saturated carbocycles. The number of hydrogen-bond acceptors (Lipinski definition) is 4. The van der Waals surface area contributed by atoms with Gasteiger partial charge in [0.25, 0.3) is 0 Å². The summed E-state index contributed by atoms with van der Waals surface area (Å²) in [5.41, 5.74) is 4.03. The van der Waals surface area contributed by atoms with Gasteiger partial charge in [-0.25, -0.2) is 0 Å². The topological polar surface area (TPSA) is 30.9 Å². The SMILES string of the molecule is C=C.CC.CCC1Cc2c(c3ccc(OCc4ccccc4)cc3c3cc(OC)c(OC)cc23)CN1CC. The standard InChI is InChI=1S/C30H33NO3.C2H6.C2H4/c1-5-21-14-24-26-16-29(32-3)30(33-4)17-27(26)25-15-22(34-19-20-10-8-7-9-11-20)12-13-23(25)28(24)18-31(21)6-2;2*1-2/h7-13,15-17,21H,5-6,14,18-19H2,1-4H3;1-2H3;1-2H2. The Morgan fingerprint density at radius 3 is 2.03 bits per heavy atom. The van der Waals surface area contributed by atoms with Gasteiger partial charge >= 0.3 is 0 Å². The molecule has 0 aliphatic carbocycles. The van der Waals surface area contributed by atoms with Gasteiger partial charge < -0.3 is 14.2 Å². The van der Waals surface area contributed by atoms with Crippen LogP contribution in [0.3, 0.4) is 0 Å². The van der Waals surface area contributed by atoms with Crippen molar-refractivity contribution in [2.75, 3.05) is 20.8 Å². The number of fused-ring (bicyclic) bond motifs is 6. The van der Waals surface area contributed by atoms with Crippen LogP contribution in [-0.2, 0) is 19.6 Å². The fourth-order valence-corrected chi connectivity index (χ4v) is 5.40. The average Bonchev–Trinajstić information content (AvgIpc) is 3.01. The van der Waals surface area contributed by atoms with Crippen LogP contribution in [0.4, 0.5) is 0 Å². The molecule has 4 aromatic carbocycles. The van der Waals surface area contributed by atoms with Gasteiger partial charge in [-0.2, -0.15) is 0 Å². The summed E-state index contributed by atoms with van der Waals surface area (Å²) in [6, 6.07) is 21.7. The van der Waals surface area contributed by atoms with E-state index in [1.54, 1.807) is 14.2 Å². The predicted molar refractivity (Wildman–Crippen MR) is 162 cm³/mol. The first-order chi connectivity index (χ1) is 18.7. The normalized spacial score (nSPS) is 14.5. The Labute approximate surface area is 228 Å². The molecule has 0 fully saturated rings. The van der Waals surface area contributed by atoms with Gasteiger partial charge in [-0.3, -0.25) is 4.90 Å². The number of ether oxygens (including phenoxy) is 3. The van der Waals surface area contributed by atoms with E-state index in [-0.39, 0.29) is 0 Å². The van der Waals surface area contributed by atoms with E-state index in [4.69, 9.17) is 14.2 Å². The monoisotopic (exact) mass is 513 g/mol. The van der Waals surface area contributed by atoms with Gasteiger partial charge in [-0.05, 0) is 81.9 Å². The molecule has 0 aromatic heterocycles. The van der Waals surface area contributed by atoms with Crippen LogP contribution in [0.25, 0.3) is 21.5 Å². The van der Waals surface area contributed by atoms with Crippen LogP contribution in [0.2, 0.25) is 0 Å². The molecule has 0 spiro atoms. The third-order valence-electron chi connectivity index (χ3n) is 7.26. The molecule has 4 nitrogen and oxygen atoms in total. The number of methoxy groups -OCH3 is 2. The Balaban J connectivity index is 0.000000956. The van der Waals surface area contributed by atoms with Crippen LogP contribution < -0.4 is 14.2 Å². The molecular weight excluding hydrogens is 470 g/mol. The van der Waals surface area contributed by atoms with Crippen molar-refractivity contribution in [1.29, 1.82) is 0 Å². The molecular formula is C34H43NO3. The number of rotatable bonds is 7. The molecule has 4 heteroatoms. The van der Waals surface area contributed by atoms with Gasteiger partial charge in [0.2, 0.25) is 0 Å². The van der Waals surface area contributed by atoms with Crippen LogP contribution in [0.15, 0.2) is 73.8 Å². The zero-order valence-electron chi connectivity index (χ0n) is 24.0. The van der Waals surface area contributed by atoms with E-state index in [0.29, 0.717) is 12.6 Å². The quantitative estimate of drug-likeness (QED) is 0.183. The molecule has 38 heavy (non-hydrogen) atoms. The van der Waals surface area contributed by atoms with E-state index in [2.05, 4.69) is 74.4 Å². The average molecular weight is 514 g/mol. The molecule has 0 bridgehead atoms. The maximum absolute atomic E-state index is 6.21. The highest BCUT2D eigenvalue weighted by molar-refractivity contribution is 6.12. The molecule has 202 valence electrons.